The monoisotopic (exact) mass is 316 g/mol. The molecule has 118 valence electrons. The number of carbonyl (C=O) groups excluding carboxylic acids is 1. The van der Waals surface area contributed by atoms with Crippen LogP contribution in [0.15, 0.2) is 10.6 Å². The van der Waals surface area contributed by atoms with Gasteiger partial charge in [0, 0.05) is 12.5 Å². The summed E-state index contributed by atoms with van der Waals surface area (Å²) in [5, 5.41) is 3.81. The minimum atomic E-state index is -3.82. The molecule has 1 aliphatic rings. The fraction of sp³-hybridized carbons (Fsp3) is 0.692. The molecule has 1 aromatic heterocycles. The van der Waals surface area contributed by atoms with E-state index in [-0.39, 0.29) is 6.42 Å². The second kappa shape index (κ2) is 5.01. The summed E-state index contributed by atoms with van der Waals surface area (Å²) in [4.78, 5) is 11.7. The molecule has 1 N–H and O–H groups in total. The van der Waals surface area contributed by atoms with Crippen molar-refractivity contribution in [2.75, 3.05) is 0 Å². The molecule has 0 aromatic carbocycles. The molecule has 1 fully saturated rings. The van der Waals surface area contributed by atoms with Crippen molar-refractivity contribution >= 4 is 16.1 Å². The van der Waals surface area contributed by atoms with Crippen LogP contribution in [0.2, 0.25) is 0 Å². The van der Waals surface area contributed by atoms with Crippen LogP contribution in [0.1, 0.15) is 45.1 Å². The first-order valence-corrected chi connectivity index (χ1v) is 8.19. The van der Waals surface area contributed by atoms with Gasteiger partial charge in [-0.2, -0.15) is 0 Å². The number of hydrogen-bond donors (Lipinski definition) is 1. The summed E-state index contributed by atoms with van der Waals surface area (Å²) in [6.45, 7) is 6.75. The van der Waals surface area contributed by atoms with Crippen LogP contribution in [0.3, 0.4) is 0 Å². The van der Waals surface area contributed by atoms with Crippen molar-refractivity contribution in [1.29, 1.82) is 0 Å². The molecule has 0 unspecified atom stereocenters. The van der Waals surface area contributed by atoms with E-state index in [1.54, 1.807) is 33.8 Å². The molecular formula is C13H20N2O5S. The maximum absolute atomic E-state index is 12.4. The van der Waals surface area contributed by atoms with Gasteiger partial charge >= 0.3 is 6.09 Å². The van der Waals surface area contributed by atoms with Gasteiger partial charge < -0.3 is 9.26 Å². The number of nitrogens with one attached hydrogen (secondary N) is 1. The highest BCUT2D eigenvalue weighted by Gasteiger charge is 2.55. The fourth-order valence-corrected chi connectivity index (χ4v) is 3.48. The third-order valence-corrected chi connectivity index (χ3v) is 5.30. The average molecular weight is 316 g/mol. The lowest BCUT2D eigenvalue weighted by atomic mass is 10.2. The zero-order valence-electron chi connectivity index (χ0n) is 12.6. The van der Waals surface area contributed by atoms with Crippen LogP contribution in [-0.2, 0) is 21.2 Å². The standard InChI is InChI=1S/C13H20N2O5S/c1-9-7-10(14-20-9)8-13(5-6-13)21(17,18)15-11(16)19-12(2,3)4/h7H,5-6,8H2,1-4H3,(H,15,16). The van der Waals surface area contributed by atoms with E-state index in [2.05, 4.69) is 5.16 Å². The molecule has 1 heterocycles. The lowest BCUT2D eigenvalue weighted by Gasteiger charge is -2.21. The minimum absolute atomic E-state index is 0.225. The summed E-state index contributed by atoms with van der Waals surface area (Å²) in [6, 6.07) is 1.70. The van der Waals surface area contributed by atoms with Crippen molar-refractivity contribution in [3.05, 3.63) is 17.5 Å². The van der Waals surface area contributed by atoms with Crippen LogP contribution in [-0.4, -0.2) is 30.0 Å². The fourth-order valence-electron chi connectivity index (χ4n) is 2.03. The molecule has 0 radical (unpaired) electrons. The van der Waals surface area contributed by atoms with Gasteiger partial charge in [-0.1, -0.05) is 5.16 Å². The number of carbonyl (C=O) groups is 1. The Kier molecular flexibility index (Phi) is 3.77. The van der Waals surface area contributed by atoms with Gasteiger partial charge in [0.15, 0.2) is 0 Å². The second-order valence-electron chi connectivity index (χ2n) is 6.40. The van der Waals surface area contributed by atoms with Crippen LogP contribution in [0, 0.1) is 6.92 Å². The number of aromatic nitrogens is 1. The zero-order valence-corrected chi connectivity index (χ0v) is 13.4. The number of nitrogens with zero attached hydrogens (tertiary/aromatic N) is 1. The molecule has 1 aromatic rings. The Labute approximate surface area is 124 Å². The van der Waals surface area contributed by atoms with Crippen molar-refractivity contribution in [2.24, 2.45) is 0 Å². The van der Waals surface area contributed by atoms with Crippen LogP contribution >= 0.6 is 0 Å². The van der Waals surface area contributed by atoms with Gasteiger partial charge in [-0.15, -0.1) is 0 Å². The Morgan fingerprint density at radius 1 is 1.48 bits per heavy atom. The summed E-state index contributed by atoms with van der Waals surface area (Å²) in [7, 11) is -3.82. The first kappa shape index (κ1) is 15.8. The van der Waals surface area contributed by atoms with Crippen molar-refractivity contribution < 1.29 is 22.5 Å². The first-order chi connectivity index (χ1) is 9.53. The van der Waals surface area contributed by atoms with Gasteiger partial charge in [-0.3, -0.25) is 0 Å². The highest BCUT2D eigenvalue weighted by Crippen LogP contribution is 2.45. The molecule has 1 amide bonds. The highest BCUT2D eigenvalue weighted by atomic mass is 32.2. The van der Waals surface area contributed by atoms with Crippen molar-refractivity contribution in [3.63, 3.8) is 0 Å². The van der Waals surface area contributed by atoms with E-state index in [0.717, 1.165) is 0 Å². The Balaban J connectivity index is 2.07. The van der Waals surface area contributed by atoms with Crippen LogP contribution in [0.5, 0.6) is 0 Å². The highest BCUT2D eigenvalue weighted by molar-refractivity contribution is 7.91. The van der Waals surface area contributed by atoms with Gasteiger partial charge in [0.05, 0.1) is 10.4 Å². The largest absolute Gasteiger partial charge is 0.443 e. The summed E-state index contributed by atoms with van der Waals surface area (Å²) in [6.07, 6.45) is 0.237. The summed E-state index contributed by atoms with van der Waals surface area (Å²) >= 11 is 0. The molecule has 8 heteroatoms. The molecule has 0 aliphatic heterocycles. The number of ether oxygens (including phenoxy) is 1. The number of amides is 1. The summed E-state index contributed by atoms with van der Waals surface area (Å²) in [5.74, 6) is 0.623. The molecule has 2 rings (SSSR count). The second-order valence-corrected chi connectivity index (χ2v) is 8.47. The average Bonchev–Trinajstić information content (AvgIpc) is 2.94. The van der Waals surface area contributed by atoms with Crippen molar-refractivity contribution in [1.82, 2.24) is 9.88 Å². The minimum Gasteiger partial charge on any atom is -0.443 e. The van der Waals surface area contributed by atoms with Gasteiger partial charge in [-0.05, 0) is 40.5 Å². The molecule has 0 saturated heterocycles. The Bertz CT molecular complexity index is 638. The SMILES string of the molecule is Cc1cc(CC2(S(=O)(=O)NC(=O)OC(C)(C)C)CC2)no1. The lowest BCUT2D eigenvalue weighted by molar-refractivity contribution is 0.0569. The number of hydrogen-bond acceptors (Lipinski definition) is 6. The van der Waals surface area contributed by atoms with E-state index >= 15 is 0 Å². The summed E-state index contributed by atoms with van der Waals surface area (Å²) in [5.41, 5.74) is -0.181. The quantitative estimate of drug-likeness (QED) is 0.911. The van der Waals surface area contributed by atoms with E-state index in [0.29, 0.717) is 24.3 Å². The topological polar surface area (TPSA) is 98.5 Å². The Morgan fingerprint density at radius 3 is 2.52 bits per heavy atom. The Morgan fingerprint density at radius 2 is 2.10 bits per heavy atom. The van der Waals surface area contributed by atoms with Crippen LogP contribution in [0.25, 0.3) is 0 Å². The predicted octanol–water partition coefficient (Wildman–Crippen LogP) is 1.91. The van der Waals surface area contributed by atoms with E-state index < -0.39 is 26.5 Å². The lowest BCUT2D eigenvalue weighted by Crippen LogP contribution is -2.43. The molecule has 21 heavy (non-hydrogen) atoms. The van der Waals surface area contributed by atoms with Crippen molar-refractivity contribution in [3.8, 4) is 0 Å². The smallest absolute Gasteiger partial charge is 0.421 e. The van der Waals surface area contributed by atoms with Gasteiger partial charge in [0.25, 0.3) is 0 Å². The molecular weight excluding hydrogens is 296 g/mol. The number of aryl methyl sites for hydroxylation is 1. The zero-order chi connectivity index (χ0) is 15.9. The van der Waals surface area contributed by atoms with E-state index in [1.165, 1.54) is 0 Å². The van der Waals surface area contributed by atoms with Crippen LogP contribution in [0.4, 0.5) is 4.79 Å². The van der Waals surface area contributed by atoms with Crippen LogP contribution < -0.4 is 4.72 Å². The number of sulfonamides is 1. The van der Waals surface area contributed by atoms with E-state index in [9.17, 15) is 13.2 Å². The summed E-state index contributed by atoms with van der Waals surface area (Å²) < 4.78 is 35.6. The van der Waals surface area contributed by atoms with Gasteiger partial charge in [-0.25, -0.2) is 17.9 Å². The number of rotatable bonds is 4. The van der Waals surface area contributed by atoms with Gasteiger partial charge in [0.1, 0.15) is 11.4 Å². The Hall–Kier alpha value is -1.57. The molecule has 0 spiro atoms. The third-order valence-electron chi connectivity index (χ3n) is 3.17. The first-order valence-electron chi connectivity index (χ1n) is 6.71. The molecule has 7 nitrogen and oxygen atoms in total. The van der Waals surface area contributed by atoms with Gasteiger partial charge in [0.2, 0.25) is 10.0 Å². The van der Waals surface area contributed by atoms with E-state index in [4.69, 9.17) is 9.26 Å². The maximum Gasteiger partial charge on any atom is 0.421 e. The predicted molar refractivity (Wildman–Crippen MR) is 75.2 cm³/mol. The third kappa shape index (κ3) is 3.75. The van der Waals surface area contributed by atoms with Crippen molar-refractivity contribution in [2.45, 2.75) is 57.3 Å². The molecule has 1 saturated carbocycles. The normalized spacial score (nSPS) is 17.3. The molecule has 0 atom stereocenters. The van der Waals surface area contributed by atoms with E-state index in [1.807, 2.05) is 4.72 Å². The maximum atomic E-state index is 12.4. The molecule has 1 aliphatic carbocycles. The molecule has 0 bridgehead atoms.